The lowest BCUT2D eigenvalue weighted by Gasteiger charge is -1.86. The monoisotopic (exact) mass is 178 g/mol. The van der Waals surface area contributed by atoms with Crippen molar-refractivity contribution >= 4 is 6.29 Å². The zero-order valence-corrected chi connectivity index (χ0v) is 8.11. The van der Waals surface area contributed by atoms with E-state index < -0.39 is 0 Å². The van der Waals surface area contributed by atoms with Gasteiger partial charge in [0.25, 0.3) is 0 Å². The first-order valence-corrected chi connectivity index (χ1v) is 4.76. The number of aldehydes is 1. The Hall–Kier alpha value is -1.11. The van der Waals surface area contributed by atoms with Gasteiger partial charge in [-0.3, -0.25) is 0 Å². The Balaban J connectivity index is 3.18. The molecule has 0 rings (SSSR count). The average Bonchev–Trinajstić information content (AvgIpc) is 2.16. The van der Waals surface area contributed by atoms with Gasteiger partial charge in [0.1, 0.15) is 6.29 Å². The third-order valence-electron chi connectivity index (χ3n) is 1.59. The Morgan fingerprint density at radius 2 is 1.38 bits per heavy atom. The zero-order chi connectivity index (χ0) is 9.78. The predicted molar refractivity (Wildman–Crippen MR) is 57.6 cm³/mol. The van der Waals surface area contributed by atoms with Crippen LogP contribution in [0.4, 0.5) is 0 Å². The van der Waals surface area contributed by atoms with Gasteiger partial charge < -0.3 is 4.79 Å². The third-order valence-corrected chi connectivity index (χ3v) is 1.59. The van der Waals surface area contributed by atoms with E-state index in [0.717, 1.165) is 32.0 Å². The minimum absolute atomic E-state index is 0.642. The molecule has 0 N–H and O–H groups in total. The lowest BCUT2D eigenvalue weighted by Crippen LogP contribution is -1.71. The number of allylic oxidation sites excluding steroid dienone is 5. The highest BCUT2D eigenvalue weighted by Crippen LogP contribution is 1.96. The fourth-order valence-electron chi connectivity index (χ4n) is 0.903. The molecule has 72 valence electrons. The van der Waals surface area contributed by atoms with Crippen molar-refractivity contribution in [2.75, 3.05) is 0 Å². The fourth-order valence-corrected chi connectivity index (χ4v) is 0.903. The second kappa shape index (κ2) is 10.9. The summed E-state index contributed by atoms with van der Waals surface area (Å²) in [4.78, 5) is 9.96. The number of carbonyl (C=O) groups excluding carboxylic acids is 1. The van der Waals surface area contributed by atoms with E-state index in [1.807, 2.05) is 6.08 Å². The molecule has 0 spiro atoms. The summed E-state index contributed by atoms with van der Waals surface area (Å²) in [5.74, 6) is 0. The van der Waals surface area contributed by atoms with Crippen LogP contribution in [0.15, 0.2) is 37.0 Å². The summed E-state index contributed by atoms with van der Waals surface area (Å²) in [6, 6.07) is 0. The maximum absolute atomic E-state index is 9.96. The van der Waals surface area contributed by atoms with Crippen molar-refractivity contribution in [3.63, 3.8) is 0 Å². The van der Waals surface area contributed by atoms with Crippen LogP contribution in [0.2, 0.25) is 0 Å². The van der Waals surface area contributed by atoms with Gasteiger partial charge in [-0.25, -0.2) is 0 Å². The molecule has 13 heavy (non-hydrogen) atoms. The van der Waals surface area contributed by atoms with Gasteiger partial charge >= 0.3 is 0 Å². The van der Waals surface area contributed by atoms with E-state index in [2.05, 4.69) is 30.9 Å². The predicted octanol–water partition coefficient (Wildman–Crippen LogP) is 3.43. The van der Waals surface area contributed by atoms with E-state index in [-0.39, 0.29) is 0 Å². The Bertz CT molecular complexity index is 178. The van der Waals surface area contributed by atoms with Crippen molar-refractivity contribution in [1.29, 1.82) is 0 Å². The van der Waals surface area contributed by atoms with Crippen LogP contribution in [0.25, 0.3) is 0 Å². The van der Waals surface area contributed by atoms with E-state index in [1.165, 1.54) is 0 Å². The molecule has 0 atom stereocenters. The second-order valence-electron chi connectivity index (χ2n) is 2.79. The summed E-state index contributed by atoms with van der Waals surface area (Å²) in [6.45, 7) is 3.63. The van der Waals surface area contributed by atoms with E-state index in [4.69, 9.17) is 0 Å². The van der Waals surface area contributed by atoms with E-state index in [9.17, 15) is 4.79 Å². The smallest absolute Gasteiger partial charge is 0.120 e. The molecule has 1 heteroatoms. The molecule has 0 aliphatic rings. The first kappa shape index (κ1) is 11.9. The van der Waals surface area contributed by atoms with Crippen molar-refractivity contribution in [2.45, 2.75) is 32.1 Å². The molecule has 0 radical (unpaired) electrons. The summed E-state index contributed by atoms with van der Waals surface area (Å²) in [7, 11) is 0. The summed E-state index contributed by atoms with van der Waals surface area (Å²) in [6.07, 6.45) is 15.9. The summed E-state index contributed by atoms with van der Waals surface area (Å²) < 4.78 is 0. The van der Waals surface area contributed by atoms with Crippen molar-refractivity contribution in [3.05, 3.63) is 37.0 Å². The SMILES string of the molecule is C=CCC=CCC/C=C\CCC=O. The molecule has 0 amide bonds. The number of hydrogen-bond acceptors (Lipinski definition) is 1. The quantitative estimate of drug-likeness (QED) is 0.316. The Kier molecular flexibility index (Phi) is 9.96. The third kappa shape index (κ3) is 10.9. The average molecular weight is 178 g/mol. The molecule has 0 saturated heterocycles. The van der Waals surface area contributed by atoms with Crippen LogP contribution in [-0.2, 0) is 4.79 Å². The van der Waals surface area contributed by atoms with Crippen molar-refractivity contribution in [1.82, 2.24) is 0 Å². The Morgan fingerprint density at radius 1 is 0.846 bits per heavy atom. The van der Waals surface area contributed by atoms with Crippen LogP contribution < -0.4 is 0 Å². The van der Waals surface area contributed by atoms with Gasteiger partial charge in [0.05, 0.1) is 0 Å². The van der Waals surface area contributed by atoms with E-state index >= 15 is 0 Å². The number of rotatable bonds is 8. The maximum atomic E-state index is 9.96. The molecular weight excluding hydrogens is 160 g/mol. The summed E-state index contributed by atoms with van der Waals surface area (Å²) in [5, 5.41) is 0. The molecule has 1 nitrogen and oxygen atoms in total. The highest BCUT2D eigenvalue weighted by Gasteiger charge is 1.78. The minimum Gasteiger partial charge on any atom is -0.303 e. The molecule has 0 aromatic rings. The molecule has 0 heterocycles. The normalized spacial score (nSPS) is 11.1. The molecular formula is C12H18O. The van der Waals surface area contributed by atoms with Gasteiger partial charge in [0.2, 0.25) is 0 Å². The molecule has 0 fully saturated rings. The summed E-state index contributed by atoms with van der Waals surface area (Å²) >= 11 is 0. The highest BCUT2D eigenvalue weighted by molar-refractivity contribution is 5.49. The lowest BCUT2D eigenvalue weighted by atomic mass is 10.2. The number of unbranched alkanes of at least 4 members (excludes halogenated alkanes) is 2. The van der Waals surface area contributed by atoms with Gasteiger partial charge in [-0.15, -0.1) is 6.58 Å². The van der Waals surface area contributed by atoms with Crippen LogP contribution >= 0.6 is 0 Å². The van der Waals surface area contributed by atoms with E-state index in [1.54, 1.807) is 0 Å². The Morgan fingerprint density at radius 3 is 1.92 bits per heavy atom. The number of hydrogen-bond donors (Lipinski definition) is 0. The van der Waals surface area contributed by atoms with Crippen LogP contribution in [0.1, 0.15) is 32.1 Å². The van der Waals surface area contributed by atoms with Crippen LogP contribution in [0, 0.1) is 0 Å². The highest BCUT2D eigenvalue weighted by atomic mass is 16.1. The standard InChI is InChI=1S/C12H18O/c1-2-3-4-5-6-7-8-9-10-11-12-13/h2,4-5,8-9,12H,1,3,6-7,10-11H2/b5-4?,9-8-. The van der Waals surface area contributed by atoms with Gasteiger partial charge in [0, 0.05) is 6.42 Å². The topological polar surface area (TPSA) is 17.1 Å². The lowest BCUT2D eigenvalue weighted by molar-refractivity contribution is -0.107. The van der Waals surface area contributed by atoms with Crippen LogP contribution in [0.5, 0.6) is 0 Å². The van der Waals surface area contributed by atoms with Gasteiger partial charge in [-0.1, -0.05) is 30.4 Å². The molecule has 0 aliphatic heterocycles. The fraction of sp³-hybridized carbons (Fsp3) is 0.417. The largest absolute Gasteiger partial charge is 0.303 e. The maximum Gasteiger partial charge on any atom is 0.120 e. The first-order chi connectivity index (χ1) is 6.41. The molecule has 0 unspecified atom stereocenters. The minimum atomic E-state index is 0.642. The van der Waals surface area contributed by atoms with Gasteiger partial charge in [-0.05, 0) is 25.7 Å². The number of carbonyl (C=O) groups is 1. The van der Waals surface area contributed by atoms with Crippen LogP contribution in [0.3, 0.4) is 0 Å². The van der Waals surface area contributed by atoms with Crippen molar-refractivity contribution in [3.8, 4) is 0 Å². The van der Waals surface area contributed by atoms with Gasteiger partial charge in [-0.2, -0.15) is 0 Å². The first-order valence-electron chi connectivity index (χ1n) is 4.76. The molecule has 0 aromatic heterocycles. The Labute approximate surface area is 80.8 Å². The molecule has 0 aliphatic carbocycles. The summed E-state index contributed by atoms with van der Waals surface area (Å²) in [5.41, 5.74) is 0. The van der Waals surface area contributed by atoms with Gasteiger partial charge in [0.15, 0.2) is 0 Å². The zero-order valence-electron chi connectivity index (χ0n) is 8.11. The molecule has 0 saturated carbocycles. The molecule has 0 bridgehead atoms. The van der Waals surface area contributed by atoms with Crippen LogP contribution in [-0.4, -0.2) is 6.29 Å². The van der Waals surface area contributed by atoms with Crippen molar-refractivity contribution < 1.29 is 4.79 Å². The van der Waals surface area contributed by atoms with E-state index in [0.29, 0.717) is 6.42 Å². The van der Waals surface area contributed by atoms with Crippen molar-refractivity contribution in [2.24, 2.45) is 0 Å². The molecule has 0 aromatic carbocycles. The second-order valence-corrected chi connectivity index (χ2v) is 2.79.